The molecule has 1 aliphatic heterocycles. The van der Waals surface area contributed by atoms with Gasteiger partial charge in [0.1, 0.15) is 6.04 Å². The number of benzene rings is 2. The standard InChI is InChI=1S/C27H32ClN3O4/c1-4-18(3)29-25(33)23(5-2)31(17-19-12-14-20(28)15-13-19)24(32)11-8-16-30-26(34)21-9-6-7-10-22(21)27(30)35/h6-7,9-10,12-15,18,23H,4-5,8,11,16-17H2,1-3H3,(H,29,33)/t18-,23-/m0/s1. The zero-order valence-electron chi connectivity index (χ0n) is 20.4. The van der Waals surface area contributed by atoms with Gasteiger partial charge >= 0.3 is 0 Å². The third-order valence-corrected chi connectivity index (χ3v) is 6.56. The van der Waals surface area contributed by atoms with Gasteiger partial charge in [0, 0.05) is 30.6 Å². The molecule has 1 heterocycles. The van der Waals surface area contributed by atoms with Crippen LogP contribution in [0.5, 0.6) is 0 Å². The highest BCUT2D eigenvalue weighted by atomic mass is 35.5. The van der Waals surface area contributed by atoms with E-state index in [1.54, 1.807) is 41.3 Å². The minimum atomic E-state index is -0.633. The van der Waals surface area contributed by atoms with E-state index in [4.69, 9.17) is 11.6 Å². The lowest BCUT2D eigenvalue weighted by Gasteiger charge is -2.31. The molecular weight excluding hydrogens is 466 g/mol. The highest BCUT2D eigenvalue weighted by Crippen LogP contribution is 2.23. The van der Waals surface area contributed by atoms with E-state index in [0.717, 1.165) is 12.0 Å². The van der Waals surface area contributed by atoms with Gasteiger partial charge in [-0.15, -0.1) is 0 Å². The lowest BCUT2D eigenvalue weighted by Crippen LogP contribution is -2.50. The van der Waals surface area contributed by atoms with Crippen LogP contribution in [0.15, 0.2) is 48.5 Å². The molecule has 0 aromatic heterocycles. The highest BCUT2D eigenvalue weighted by molar-refractivity contribution is 6.30. The van der Waals surface area contributed by atoms with Gasteiger partial charge in [-0.25, -0.2) is 0 Å². The zero-order chi connectivity index (χ0) is 25.5. The van der Waals surface area contributed by atoms with Crippen molar-refractivity contribution in [2.75, 3.05) is 6.54 Å². The minimum absolute atomic E-state index is 0.00198. The maximum Gasteiger partial charge on any atom is 0.261 e. The Morgan fingerprint density at radius 2 is 1.57 bits per heavy atom. The van der Waals surface area contributed by atoms with Crippen LogP contribution in [0.3, 0.4) is 0 Å². The molecule has 35 heavy (non-hydrogen) atoms. The molecule has 2 atom stereocenters. The predicted octanol–water partition coefficient (Wildman–Crippen LogP) is 4.44. The van der Waals surface area contributed by atoms with Crippen molar-refractivity contribution in [1.82, 2.24) is 15.1 Å². The monoisotopic (exact) mass is 497 g/mol. The first kappa shape index (κ1) is 26.4. The fourth-order valence-electron chi connectivity index (χ4n) is 4.12. The third-order valence-electron chi connectivity index (χ3n) is 6.30. The molecule has 0 saturated carbocycles. The van der Waals surface area contributed by atoms with Gasteiger partial charge in [0.2, 0.25) is 11.8 Å². The van der Waals surface area contributed by atoms with Crippen LogP contribution in [0.2, 0.25) is 5.02 Å². The Bertz CT molecular complexity index is 1050. The number of nitrogens with zero attached hydrogens (tertiary/aromatic N) is 2. The first-order valence-electron chi connectivity index (χ1n) is 12.1. The number of amides is 4. The summed E-state index contributed by atoms with van der Waals surface area (Å²) in [7, 11) is 0. The van der Waals surface area contributed by atoms with Crippen molar-refractivity contribution in [3.63, 3.8) is 0 Å². The van der Waals surface area contributed by atoms with E-state index in [1.807, 2.05) is 32.9 Å². The van der Waals surface area contributed by atoms with E-state index in [9.17, 15) is 19.2 Å². The largest absolute Gasteiger partial charge is 0.352 e. The summed E-state index contributed by atoms with van der Waals surface area (Å²) >= 11 is 6.01. The van der Waals surface area contributed by atoms with Gasteiger partial charge in [0.05, 0.1) is 11.1 Å². The average Bonchev–Trinajstić information content (AvgIpc) is 3.09. The summed E-state index contributed by atoms with van der Waals surface area (Å²) < 4.78 is 0. The molecule has 4 amide bonds. The van der Waals surface area contributed by atoms with Crippen LogP contribution < -0.4 is 5.32 Å². The van der Waals surface area contributed by atoms with Crippen molar-refractivity contribution in [2.45, 2.75) is 65.1 Å². The Morgan fingerprint density at radius 1 is 0.971 bits per heavy atom. The van der Waals surface area contributed by atoms with Crippen LogP contribution >= 0.6 is 11.6 Å². The smallest absolute Gasteiger partial charge is 0.261 e. The summed E-state index contributed by atoms with van der Waals surface area (Å²) in [5.74, 6) is -1.07. The number of rotatable bonds is 11. The van der Waals surface area contributed by atoms with Crippen LogP contribution in [-0.4, -0.2) is 52.1 Å². The Morgan fingerprint density at radius 3 is 2.11 bits per heavy atom. The Hall–Kier alpha value is -3.19. The number of fused-ring (bicyclic) bond motifs is 1. The molecule has 0 unspecified atom stereocenters. The van der Waals surface area contributed by atoms with Crippen LogP contribution in [0.4, 0.5) is 0 Å². The second kappa shape index (κ2) is 12.0. The number of nitrogens with one attached hydrogen (secondary N) is 1. The molecular formula is C27H32ClN3O4. The number of halogens is 1. The molecule has 8 heteroatoms. The van der Waals surface area contributed by atoms with Crippen molar-refractivity contribution in [2.24, 2.45) is 0 Å². The molecule has 2 aromatic carbocycles. The first-order chi connectivity index (χ1) is 16.8. The van der Waals surface area contributed by atoms with Gasteiger partial charge in [-0.3, -0.25) is 24.1 Å². The van der Waals surface area contributed by atoms with E-state index < -0.39 is 6.04 Å². The van der Waals surface area contributed by atoms with Crippen molar-refractivity contribution < 1.29 is 19.2 Å². The highest BCUT2D eigenvalue weighted by Gasteiger charge is 2.35. The number of hydrogen-bond acceptors (Lipinski definition) is 4. The summed E-state index contributed by atoms with van der Waals surface area (Å²) in [6, 6.07) is 13.3. The van der Waals surface area contributed by atoms with Crippen molar-refractivity contribution in [3.8, 4) is 0 Å². The average molecular weight is 498 g/mol. The summed E-state index contributed by atoms with van der Waals surface area (Å²) in [6.45, 7) is 6.19. The summed E-state index contributed by atoms with van der Waals surface area (Å²) in [6.07, 6.45) is 1.66. The fraction of sp³-hybridized carbons (Fsp3) is 0.407. The molecule has 186 valence electrons. The van der Waals surface area contributed by atoms with E-state index in [0.29, 0.717) is 29.0 Å². The normalized spacial score (nSPS) is 14.5. The van der Waals surface area contributed by atoms with E-state index >= 15 is 0 Å². The lowest BCUT2D eigenvalue weighted by atomic mass is 10.1. The number of carbonyl (C=O) groups excluding carboxylic acids is 4. The van der Waals surface area contributed by atoms with Crippen LogP contribution in [0, 0.1) is 0 Å². The topological polar surface area (TPSA) is 86.8 Å². The van der Waals surface area contributed by atoms with Gasteiger partial charge < -0.3 is 10.2 Å². The second-order valence-corrected chi connectivity index (χ2v) is 9.24. The molecule has 0 spiro atoms. The molecule has 1 N–H and O–H groups in total. The lowest BCUT2D eigenvalue weighted by molar-refractivity contribution is -0.141. The minimum Gasteiger partial charge on any atom is -0.352 e. The van der Waals surface area contributed by atoms with E-state index in [1.165, 1.54) is 4.90 Å². The predicted molar refractivity (Wildman–Crippen MR) is 135 cm³/mol. The quantitative estimate of drug-likeness (QED) is 0.465. The zero-order valence-corrected chi connectivity index (χ0v) is 21.2. The summed E-state index contributed by atoms with van der Waals surface area (Å²) in [4.78, 5) is 54.4. The van der Waals surface area contributed by atoms with Gasteiger partial charge in [-0.2, -0.15) is 0 Å². The molecule has 2 aromatic rings. The molecule has 3 rings (SSSR count). The van der Waals surface area contributed by atoms with Gasteiger partial charge in [-0.05, 0) is 56.0 Å². The Kier molecular flexibility index (Phi) is 9.04. The van der Waals surface area contributed by atoms with Crippen LogP contribution in [-0.2, 0) is 16.1 Å². The molecule has 0 bridgehead atoms. The van der Waals surface area contributed by atoms with Crippen LogP contribution in [0.25, 0.3) is 0 Å². The second-order valence-electron chi connectivity index (χ2n) is 8.80. The first-order valence-corrected chi connectivity index (χ1v) is 12.4. The molecule has 1 aliphatic rings. The molecule has 0 aliphatic carbocycles. The fourth-order valence-corrected chi connectivity index (χ4v) is 4.25. The van der Waals surface area contributed by atoms with Crippen LogP contribution in [0.1, 0.15) is 72.7 Å². The molecule has 0 saturated heterocycles. The molecule has 0 radical (unpaired) electrons. The van der Waals surface area contributed by atoms with Crippen molar-refractivity contribution >= 4 is 35.2 Å². The molecule has 0 fully saturated rings. The van der Waals surface area contributed by atoms with Crippen molar-refractivity contribution in [3.05, 3.63) is 70.2 Å². The van der Waals surface area contributed by atoms with Gasteiger partial charge in [0.15, 0.2) is 0 Å². The van der Waals surface area contributed by atoms with E-state index in [2.05, 4.69) is 5.32 Å². The number of imide groups is 1. The number of carbonyl (C=O) groups is 4. The van der Waals surface area contributed by atoms with E-state index in [-0.39, 0.29) is 49.2 Å². The maximum absolute atomic E-state index is 13.4. The Balaban J connectivity index is 1.71. The maximum atomic E-state index is 13.4. The SMILES string of the molecule is CC[C@H](C)NC(=O)[C@H](CC)N(Cc1ccc(Cl)cc1)C(=O)CCCN1C(=O)c2ccccc2C1=O. The van der Waals surface area contributed by atoms with Gasteiger partial charge in [0.25, 0.3) is 11.8 Å². The number of hydrogen-bond donors (Lipinski definition) is 1. The third kappa shape index (κ3) is 6.28. The summed E-state index contributed by atoms with van der Waals surface area (Å²) in [5.41, 5.74) is 1.64. The van der Waals surface area contributed by atoms with Crippen molar-refractivity contribution in [1.29, 1.82) is 0 Å². The summed E-state index contributed by atoms with van der Waals surface area (Å²) in [5, 5.41) is 3.57. The Labute approximate surface area is 211 Å². The van der Waals surface area contributed by atoms with Gasteiger partial charge in [-0.1, -0.05) is 49.7 Å². The molecule has 7 nitrogen and oxygen atoms in total.